The highest BCUT2D eigenvalue weighted by atomic mass is 32.1. The highest BCUT2D eigenvalue weighted by Gasteiger charge is 2.25. The van der Waals surface area contributed by atoms with E-state index in [9.17, 15) is 14.7 Å². The molecule has 4 rings (SSSR count). The molecule has 1 saturated heterocycles. The summed E-state index contributed by atoms with van der Waals surface area (Å²) < 4.78 is 1.43. The molecule has 168 valence electrons. The van der Waals surface area contributed by atoms with E-state index in [0.717, 1.165) is 35.2 Å². The summed E-state index contributed by atoms with van der Waals surface area (Å²) in [5.74, 6) is -0.327. The average Bonchev–Trinajstić information content (AvgIpc) is 3.40. The van der Waals surface area contributed by atoms with Crippen molar-refractivity contribution in [3.63, 3.8) is 0 Å². The molecule has 32 heavy (non-hydrogen) atoms. The normalized spacial score (nSPS) is 16.6. The van der Waals surface area contributed by atoms with Gasteiger partial charge in [0.25, 0.3) is 5.56 Å². The van der Waals surface area contributed by atoms with Gasteiger partial charge in [-0.1, -0.05) is 13.8 Å². The van der Waals surface area contributed by atoms with E-state index in [-0.39, 0.29) is 11.1 Å². The first-order valence-corrected chi connectivity index (χ1v) is 11.5. The number of aliphatic hydroxyl groups excluding tert-OH is 1. The van der Waals surface area contributed by atoms with Crippen LogP contribution in [0, 0.1) is 0 Å². The summed E-state index contributed by atoms with van der Waals surface area (Å²) in [6.45, 7) is 5.17. The molecule has 3 aromatic heterocycles. The first kappa shape index (κ1) is 22.2. The summed E-state index contributed by atoms with van der Waals surface area (Å²) in [5, 5.41) is 22.2. The van der Waals surface area contributed by atoms with Crippen molar-refractivity contribution >= 4 is 34.8 Å². The number of aliphatic hydroxyl groups is 1. The highest BCUT2D eigenvalue weighted by Crippen LogP contribution is 2.23. The molecule has 0 radical (unpaired) electrons. The van der Waals surface area contributed by atoms with Gasteiger partial charge in [0, 0.05) is 37.2 Å². The lowest BCUT2D eigenvalue weighted by atomic mass is 10.1. The minimum absolute atomic E-state index is 0.204. The molecule has 1 unspecified atom stereocenters. The van der Waals surface area contributed by atoms with Crippen LogP contribution in [0.1, 0.15) is 48.0 Å². The van der Waals surface area contributed by atoms with Gasteiger partial charge < -0.3 is 15.1 Å². The van der Waals surface area contributed by atoms with Crippen molar-refractivity contribution in [2.45, 2.75) is 45.1 Å². The van der Waals surface area contributed by atoms with Crippen molar-refractivity contribution in [3.05, 3.63) is 62.0 Å². The van der Waals surface area contributed by atoms with Crippen LogP contribution in [0.2, 0.25) is 0 Å². The number of thiazole rings is 1. The van der Waals surface area contributed by atoms with E-state index < -0.39 is 12.1 Å². The van der Waals surface area contributed by atoms with Gasteiger partial charge in [0.15, 0.2) is 0 Å². The number of fused-ring (bicyclic) bond motifs is 1. The molecule has 0 spiro atoms. The molecule has 1 aliphatic rings. The Hall–Kier alpha value is -3.04. The smallest absolute Gasteiger partial charge is 0.328 e. The number of hydrogen-bond donors (Lipinski definition) is 2. The van der Waals surface area contributed by atoms with Crippen LogP contribution in [0.25, 0.3) is 11.7 Å². The van der Waals surface area contributed by atoms with Crippen LogP contribution < -0.4 is 10.5 Å². The third-order valence-electron chi connectivity index (χ3n) is 5.55. The van der Waals surface area contributed by atoms with Crippen LogP contribution in [0.5, 0.6) is 0 Å². The van der Waals surface area contributed by atoms with Gasteiger partial charge in [0.2, 0.25) is 0 Å². The topological polar surface area (TPSA) is 108 Å². The average molecular weight is 455 g/mol. The maximum absolute atomic E-state index is 13.1. The molecule has 8 nitrogen and oxygen atoms in total. The van der Waals surface area contributed by atoms with Gasteiger partial charge in [-0.25, -0.2) is 14.8 Å². The number of carboxylic acids is 1. The molecule has 1 fully saturated rings. The minimum Gasteiger partial charge on any atom is -0.478 e. The lowest BCUT2D eigenvalue weighted by molar-refractivity contribution is -0.131. The predicted molar refractivity (Wildman–Crippen MR) is 125 cm³/mol. The molecule has 4 heterocycles. The third kappa shape index (κ3) is 4.73. The molecule has 0 bridgehead atoms. The van der Waals surface area contributed by atoms with Crippen molar-refractivity contribution in [2.24, 2.45) is 0 Å². The first-order chi connectivity index (χ1) is 15.3. The molecule has 9 heteroatoms. The Kier molecular flexibility index (Phi) is 6.38. The number of rotatable bonds is 7. The van der Waals surface area contributed by atoms with Gasteiger partial charge in [0.1, 0.15) is 11.5 Å². The largest absolute Gasteiger partial charge is 0.478 e. The second-order valence-electron chi connectivity index (χ2n) is 8.30. The maximum Gasteiger partial charge on any atom is 0.328 e. The van der Waals surface area contributed by atoms with E-state index in [2.05, 4.69) is 24.2 Å². The summed E-state index contributed by atoms with van der Waals surface area (Å²) in [4.78, 5) is 35.4. The predicted octanol–water partition coefficient (Wildman–Crippen LogP) is 2.73. The SMILES string of the molecule is CC(C)c1csc(CCc2ccn3c(=O)c(/C=C/C(=O)O)c(N4CCC(O)C4)nc3c2)n1. The minimum atomic E-state index is -1.14. The lowest BCUT2D eigenvalue weighted by Gasteiger charge is -2.19. The maximum atomic E-state index is 13.1. The van der Waals surface area contributed by atoms with E-state index >= 15 is 0 Å². The Morgan fingerprint density at radius 2 is 2.16 bits per heavy atom. The summed E-state index contributed by atoms with van der Waals surface area (Å²) in [5.41, 5.74) is 2.52. The lowest BCUT2D eigenvalue weighted by Crippen LogP contribution is -2.28. The Morgan fingerprint density at radius 3 is 2.81 bits per heavy atom. The zero-order chi connectivity index (χ0) is 22.8. The Morgan fingerprint density at radius 1 is 1.34 bits per heavy atom. The van der Waals surface area contributed by atoms with E-state index in [1.54, 1.807) is 17.5 Å². The van der Waals surface area contributed by atoms with Gasteiger partial charge in [0.05, 0.1) is 22.4 Å². The van der Waals surface area contributed by atoms with Crippen LogP contribution >= 0.6 is 11.3 Å². The summed E-state index contributed by atoms with van der Waals surface area (Å²) in [7, 11) is 0. The zero-order valence-corrected chi connectivity index (χ0v) is 18.9. The molecule has 1 aliphatic heterocycles. The molecule has 0 aliphatic carbocycles. The van der Waals surface area contributed by atoms with E-state index in [1.807, 2.05) is 17.0 Å². The fourth-order valence-corrected chi connectivity index (χ4v) is 4.73. The zero-order valence-electron chi connectivity index (χ0n) is 18.1. The monoisotopic (exact) mass is 454 g/mol. The Bertz CT molecular complexity index is 1230. The summed E-state index contributed by atoms with van der Waals surface area (Å²) in [6, 6.07) is 3.77. The Balaban J connectivity index is 1.68. The highest BCUT2D eigenvalue weighted by molar-refractivity contribution is 7.09. The van der Waals surface area contributed by atoms with Crippen molar-refractivity contribution in [1.29, 1.82) is 0 Å². The van der Waals surface area contributed by atoms with Crippen LogP contribution in [0.4, 0.5) is 5.82 Å². The van der Waals surface area contributed by atoms with Crippen LogP contribution in [-0.2, 0) is 17.6 Å². The van der Waals surface area contributed by atoms with Crippen LogP contribution in [0.3, 0.4) is 0 Å². The number of aryl methyl sites for hydroxylation is 2. The van der Waals surface area contributed by atoms with E-state index in [4.69, 9.17) is 10.1 Å². The number of carboxylic acid groups (broad SMARTS) is 1. The van der Waals surface area contributed by atoms with Gasteiger partial charge in [-0.05, 0) is 42.5 Å². The number of aromatic nitrogens is 3. The summed E-state index contributed by atoms with van der Waals surface area (Å²) >= 11 is 1.66. The van der Waals surface area contributed by atoms with Crippen molar-refractivity contribution in [3.8, 4) is 0 Å². The number of aliphatic carboxylic acids is 1. The molecule has 0 amide bonds. The number of pyridine rings is 1. The van der Waals surface area contributed by atoms with Gasteiger partial charge in [-0.3, -0.25) is 9.20 Å². The third-order valence-corrected chi connectivity index (χ3v) is 6.48. The van der Waals surface area contributed by atoms with E-state index in [0.29, 0.717) is 36.9 Å². The molecular formula is C23H26N4O4S. The number of hydrogen-bond acceptors (Lipinski definition) is 7. The molecule has 3 aromatic rings. The second-order valence-corrected chi connectivity index (χ2v) is 9.24. The second kappa shape index (κ2) is 9.22. The van der Waals surface area contributed by atoms with Crippen molar-refractivity contribution in [2.75, 3.05) is 18.0 Å². The van der Waals surface area contributed by atoms with Crippen molar-refractivity contribution in [1.82, 2.24) is 14.4 Å². The molecule has 0 aromatic carbocycles. The van der Waals surface area contributed by atoms with Gasteiger partial charge in [-0.15, -0.1) is 11.3 Å². The Labute approximate surface area is 189 Å². The first-order valence-electron chi connectivity index (χ1n) is 10.7. The fraction of sp³-hybridized carbons (Fsp3) is 0.391. The van der Waals surface area contributed by atoms with Crippen molar-refractivity contribution < 1.29 is 15.0 Å². The summed E-state index contributed by atoms with van der Waals surface area (Å²) in [6.07, 6.45) is 5.57. The molecule has 1 atom stereocenters. The number of β-amino-alcohol motifs (C(OH)–C–C–N with tert-alkyl or cyclic N) is 1. The van der Waals surface area contributed by atoms with Crippen LogP contribution in [-0.4, -0.2) is 49.7 Å². The van der Waals surface area contributed by atoms with Crippen LogP contribution in [0.15, 0.2) is 34.6 Å². The van der Waals surface area contributed by atoms with Gasteiger partial charge in [-0.2, -0.15) is 0 Å². The number of carbonyl (C=O) groups is 1. The van der Waals surface area contributed by atoms with Gasteiger partial charge >= 0.3 is 5.97 Å². The molecule has 0 saturated carbocycles. The number of anilines is 1. The molecular weight excluding hydrogens is 428 g/mol. The fourth-order valence-electron chi connectivity index (χ4n) is 3.77. The number of nitrogens with zero attached hydrogens (tertiary/aromatic N) is 4. The quantitative estimate of drug-likeness (QED) is 0.529. The standard InChI is InChI=1S/C23H26N4O4S/c1-14(2)18-13-32-20(24-18)5-3-15-7-10-27-19(11-15)25-22(26-9-8-16(28)12-26)17(23(27)31)4-6-21(29)30/h4,6-7,10-11,13-14,16,28H,3,5,8-9,12H2,1-2H3,(H,29,30)/b6-4+. The molecule has 2 N–H and O–H groups in total. The van der Waals surface area contributed by atoms with E-state index in [1.165, 1.54) is 10.5 Å².